The lowest BCUT2D eigenvalue weighted by atomic mass is 9.83. The molecule has 2 nitrogen and oxygen atoms in total. The van der Waals surface area contributed by atoms with Crippen molar-refractivity contribution in [2.24, 2.45) is 0 Å². The zero-order valence-corrected chi connectivity index (χ0v) is 11.2. The summed E-state index contributed by atoms with van der Waals surface area (Å²) in [5.74, 6) is 1.61. The van der Waals surface area contributed by atoms with E-state index in [1.165, 1.54) is 37.7 Å². The van der Waals surface area contributed by atoms with Crippen molar-refractivity contribution in [2.75, 3.05) is 13.2 Å². The second kappa shape index (κ2) is 4.93. The van der Waals surface area contributed by atoms with Gasteiger partial charge in [-0.2, -0.15) is 0 Å². The van der Waals surface area contributed by atoms with Gasteiger partial charge in [-0.05, 0) is 25.8 Å². The molecule has 0 amide bonds. The van der Waals surface area contributed by atoms with Crippen LogP contribution in [0.1, 0.15) is 50.5 Å². The van der Waals surface area contributed by atoms with E-state index in [2.05, 4.69) is 36.5 Å². The highest BCUT2D eigenvalue weighted by molar-refractivity contribution is 5.39. The molecular formula is C16H23NO. The summed E-state index contributed by atoms with van der Waals surface area (Å²) in [6, 6.07) is 8.45. The molecule has 1 aliphatic heterocycles. The maximum atomic E-state index is 5.74. The normalized spacial score (nSPS) is 25.5. The Hall–Kier alpha value is -1.02. The van der Waals surface area contributed by atoms with Gasteiger partial charge in [0.2, 0.25) is 0 Å². The van der Waals surface area contributed by atoms with Crippen LogP contribution < -0.4 is 10.1 Å². The second-order valence-corrected chi connectivity index (χ2v) is 6.05. The van der Waals surface area contributed by atoms with Crippen molar-refractivity contribution in [2.45, 2.75) is 50.5 Å². The van der Waals surface area contributed by atoms with E-state index < -0.39 is 0 Å². The van der Waals surface area contributed by atoms with Crippen LogP contribution in [-0.4, -0.2) is 18.7 Å². The molecule has 0 bridgehead atoms. The maximum absolute atomic E-state index is 5.74. The van der Waals surface area contributed by atoms with Gasteiger partial charge in [0, 0.05) is 23.6 Å². The summed E-state index contributed by atoms with van der Waals surface area (Å²) in [6.45, 7) is 4.27. The van der Waals surface area contributed by atoms with E-state index in [0.29, 0.717) is 11.5 Å². The third kappa shape index (κ3) is 2.39. The molecular weight excluding hydrogens is 222 g/mol. The van der Waals surface area contributed by atoms with Crippen molar-refractivity contribution in [3.05, 3.63) is 29.8 Å². The molecule has 1 N–H and O–H groups in total. The van der Waals surface area contributed by atoms with Gasteiger partial charge in [0.15, 0.2) is 0 Å². The highest BCUT2D eigenvalue weighted by Gasteiger charge is 2.29. The summed E-state index contributed by atoms with van der Waals surface area (Å²) in [4.78, 5) is 0. The molecule has 1 atom stereocenters. The molecule has 1 unspecified atom stereocenters. The molecule has 1 aromatic carbocycles. The van der Waals surface area contributed by atoms with Crippen LogP contribution in [0.4, 0.5) is 0 Å². The van der Waals surface area contributed by atoms with Gasteiger partial charge in [-0.15, -0.1) is 0 Å². The summed E-state index contributed by atoms with van der Waals surface area (Å²) < 4.78 is 5.74. The number of fused-ring (bicyclic) bond motifs is 1. The number of para-hydroxylation sites is 1. The number of rotatable bonds is 3. The summed E-state index contributed by atoms with van der Waals surface area (Å²) in [5.41, 5.74) is 1.74. The van der Waals surface area contributed by atoms with Crippen LogP contribution in [0.3, 0.4) is 0 Å². The first-order chi connectivity index (χ1) is 8.77. The Morgan fingerprint density at radius 2 is 2.00 bits per heavy atom. The summed E-state index contributed by atoms with van der Waals surface area (Å²) in [7, 11) is 0. The van der Waals surface area contributed by atoms with E-state index in [4.69, 9.17) is 4.74 Å². The van der Waals surface area contributed by atoms with E-state index in [1.807, 2.05) is 0 Å². The Morgan fingerprint density at radius 1 is 1.22 bits per heavy atom. The van der Waals surface area contributed by atoms with Crippen LogP contribution in [0.15, 0.2) is 24.3 Å². The number of benzene rings is 1. The second-order valence-electron chi connectivity index (χ2n) is 6.05. The van der Waals surface area contributed by atoms with Gasteiger partial charge in [-0.3, -0.25) is 0 Å². The highest BCUT2D eigenvalue weighted by atomic mass is 16.5. The lowest BCUT2D eigenvalue weighted by molar-refractivity contribution is 0.240. The van der Waals surface area contributed by atoms with Crippen LogP contribution in [-0.2, 0) is 0 Å². The van der Waals surface area contributed by atoms with Crippen molar-refractivity contribution in [1.82, 2.24) is 5.32 Å². The topological polar surface area (TPSA) is 21.3 Å². The maximum Gasteiger partial charge on any atom is 0.122 e. The van der Waals surface area contributed by atoms with Crippen LogP contribution in [0.25, 0.3) is 0 Å². The average molecular weight is 245 g/mol. The SMILES string of the molecule is CC1(NCC2COc3ccccc32)CCCCC1. The first-order valence-electron chi connectivity index (χ1n) is 7.24. The quantitative estimate of drug-likeness (QED) is 0.880. The standard InChI is InChI=1S/C16H23NO/c1-16(9-5-2-6-10-16)17-11-13-12-18-15-8-4-3-7-14(13)15/h3-4,7-8,13,17H,2,5-6,9-12H2,1H3. The van der Waals surface area contributed by atoms with Gasteiger partial charge >= 0.3 is 0 Å². The Bertz CT molecular complexity index is 409. The largest absolute Gasteiger partial charge is 0.493 e. The average Bonchev–Trinajstić information content (AvgIpc) is 2.81. The molecule has 0 aromatic heterocycles. The van der Waals surface area contributed by atoms with Crippen LogP contribution >= 0.6 is 0 Å². The minimum Gasteiger partial charge on any atom is -0.493 e. The predicted molar refractivity (Wildman–Crippen MR) is 74.2 cm³/mol. The third-order valence-electron chi connectivity index (χ3n) is 4.53. The Kier molecular flexibility index (Phi) is 3.29. The molecule has 98 valence electrons. The fraction of sp³-hybridized carbons (Fsp3) is 0.625. The highest BCUT2D eigenvalue weighted by Crippen LogP contribution is 2.34. The van der Waals surface area contributed by atoms with E-state index >= 15 is 0 Å². The van der Waals surface area contributed by atoms with E-state index in [-0.39, 0.29) is 0 Å². The molecule has 1 saturated carbocycles. The van der Waals surface area contributed by atoms with Crippen molar-refractivity contribution in [3.63, 3.8) is 0 Å². The minimum atomic E-state index is 0.357. The molecule has 0 spiro atoms. The van der Waals surface area contributed by atoms with E-state index in [9.17, 15) is 0 Å². The lowest BCUT2D eigenvalue weighted by Gasteiger charge is -2.35. The minimum absolute atomic E-state index is 0.357. The Balaban J connectivity index is 1.61. The van der Waals surface area contributed by atoms with Crippen LogP contribution in [0.2, 0.25) is 0 Å². The fourth-order valence-corrected chi connectivity index (χ4v) is 3.28. The zero-order chi connectivity index (χ0) is 12.4. The van der Waals surface area contributed by atoms with Gasteiger partial charge in [0.1, 0.15) is 5.75 Å². The Labute approximate surface area is 110 Å². The summed E-state index contributed by atoms with van der Waals surface area (Å²) in [6.07, 6.45) is 6.81. The first-order valence-corrected chi connectivity index (χ1v) is 7.24. The number of ether oxygens (including phenoxy) is 1. The van der Waals surface area contributed by atoms with Crippen LogP contribution in [0, 0.1) is 0 Å². The van der Waals surface area contributed by atoms with Gasteiger partial charge in [0.05, 0.1) is 6.61 Å². The molecule has 1 aromatic rings. The number of nitrogens with one attached hydrogen (secondary N) is 1. The fourth-order valence-electron chi connectivity index (χ4n) is 3.28. The van der Waals surface area contributed by atoms with E-state index in [1.54, 1.807) is 0 Å². The Morgan fingerprint density at radius 3 is 2.83 bits per heavy atom. The van der Waals surface area contributed by atoms with Crippen molar-refractivity contribution in [1.29, 1.82) is 0 Å². The molecule has 18 heavy (non-hydrogen) atoms. The molecule has 3 rings (SSSR count). The zero-order valence-electron chi connectivity index (χ0n) is 11.2. The van der Waals surface area contributed by atoms with Gasteiger partial charge < -0.3 is 10.1 Å². The monoisotopic (exact) mass is 245 g/mol. The molecule has 2 heteroatoms. The third-order valence-corrected chi connectivity index (χ3v) is 4.53. The smallest absolute Gasteiger partial charge is 0.122 e. The predicted octanol–water partition coefficient (Wildman–Crippen LogP) is 3.48. The van der Waals surface area contributed by atoms with Gasteiger partial charge in [-0.1, -0.05) is 37.5 Å². The van der Waals surface area contributed by atoms with Crippen molar-refractivity contribution < 1.29 is 4.74 Å². The van der Waals surface area contributed by atoms with E-state index in [0.717, 1.165) is 18.9 Å². The van der Waals surface area contributed by atoms with Crippen LogP contribution in [0.5, 0.6) is 5.75 Å². The molecule has 1 aliphatic carbocycles. The van der Waals surface area contributed by atoms with Crippen molar-refractivity contribution >= 4 is 0 Å². The molecule has 0 radical (unpaired) electrons. The number of hydrogen-bond acceptors (Lipinski definition) is 2. The lowest BCUT2D eigenvalue weighted by Crippen LogP contribution is -2.45. The molecule has 2 aliphatic rings. The van der Waals surface area contributed by atoms with Gasteiger partial charge in [-0.25, -0.2) is 0 Å². The molecule has 0 saturated heterocycles. The first kappa shape index (κ1) is 12.0. The molecule has 1 fully saturated rings. The molecule has 1 heterocycles. The van der Waals surface area contributed by atoms with Gasteiger partial charge in [0.25, 0.3) is 0 Å². The summed E-state index contributed by atoms with van der Waals surface area (Å²) >= 11 is 0. The number of hydrogen-bond donors (Lipinski definition) is 1. The van der Waals surface area contributed by atoms with Crippen molar-refractivity contribution in [3.8, 4) is 5.75 Å². The summed E-state index contributed by atoms with van der Waals surface area (Å²) in [5, 5.41) is 3.80.